The van der Waals surface area contributed by atoms with E-state index in [-0.39, 0.29) is 11.8 Å². The molecule has 1 aromatic rings. The van der Waals surface area contributed by atoms with Gasteiger partial charge in [-0.1, -0.05) is 25.5 Å². The highest BCUT2D eigenvalue weighted by atomic mass is 16.7. The summed E-state index contributed by atoms with van der Waals surface area (Å²) in [4.78, 5) is 25.9. The Kier molecular flexibility index (Phi) is 3.78. The number of imide groups is 1. The third kappa shape index (κ3) is 2.47. The molecule has 2 aliphatic heterocycles. The summed E-state index contributed by atoms with van der Waals surface area (Å²) in [5.41, 5.74) is 0.973. The van der Waals surface area contributed by atoms with Gasteiger partial charge in [0.2, 0.25) is 0 Å². The summed E-state index contributed by atoms with van der Waals surface area (Å²) in [7, 11) is 0. The summed E-state index contributed by atoms with van der Waals surface area (Å²) in [5, 5.41) is 0. The highest BCUT2D eigenvalue weighted by Crippen LogP contribution is 2.30. The lowest BCUT2D eigenvalue weighted by molar-refractivity contribution is -0.167. The van der Waals surface area contributed by atoms with Crippen molar-refractivity contribution in [1.82, 2.24) is 4.90 Å². The van der Waals surface area contributed by atoms with Crippen LogP contribution in [0.2, 0.25) is 0 Å². The Labute approximate surface area is 123 Å². The van der Waals surface area contributed by atoms with Gasteiger partial charge in [-0.2, -0.15) is 0 Å². The molecule has 0 atom stereocenters. The van der Waals surface area contributed by atoms with Crippen LogP contribution in [0, 0.1) is 0 Å². The number of carbonyl (C=O) groups excluding carboxylic acids is 2. The number of hydrogen-bond donors (Lipinski definition) is 0. The fourth-order valence-electron chi connectivity index (χ4n) is 3.02. The molecule has 3 rings (SSSR count). The van der Waals surface area contributed by atoms with E-state index < -0.39 is 5.79 Å². The van der Waals surface area contributed by atoms with Crippen LogP contribution in [0.25, 0.3) is 0 Å². The van der Waals surface area contributed by atoms with Gasteiger partial charge in [0.05, 0.1) is 24.3 Å². The van der Waals surface area contributed by atoms with Crippen molar-refractivity contribution in [2.45, 2.75) is 32.0 Å². The van der Waals surface area contributed by atoms with Crippen LogP contribution in [-0.4, -0.2) is 42.3 Å². The van der Waals surface area contributed by atoms with Gasteiger partial charge in [0.1, 0.15) is 0 Å². The smallest absolute Gasteiger partial charge is 0.261 e. The lowest BCUT2D eigenvalue weighted by Crippen LogP contribution is -2.38. The Morgan fingerprint density at radius 3 is 2.14 bits per heavy atom. The zero-order valence-corrected chi connectivity index (χ0v) is 12.1. The third-order valence-corrected chi connectivity index (χ3v) is 4.04. The topological polar surface area (TPSA) is 55.8 Å². The second-order valence-corrected chi connectivity index (χ2v) is 5.42. The van der Waals surface area contributed by atoms with Crippen molar-refractivity contribution < 1.29 is 19.1 Å². The van der Waals surface area contributed by atoms with Gasteiger partial charge >= 0.3 is 0 Å². The van der Waals surface area contributed by atoms with Crippen LogP contribution in [0.1, 0.15) is 46.9 Å². The molecule has 21 heavy (non-hydrogen) atoms. The molecule has 5 heteroatoms. The van der Waals surface area contributed by atoms with Gasteiger partial charge in [0.15, 0.2) is 5.79 Å². The molecule has 0 N–H and O–H groups in total. The maximum Gasteiger partial charge on any atom is 0.261 e. The van der Waals surface area contributed by atoms with Gasteiger partial charge in [0.25, 0.3) is 11.8 Å². The Balaban J connectivity index is 1.72. The van der Waals surface area contributed by atoms with Gasteiger partial charge in [-0.25, -0.2) is 0 Å². The first-order chi connectivity index (χ1) is 10.2. The van der Waals surface area contributed by atoms with Crippen LogP contribution < -0.4 is 0 Å². The molecule has 1 fully saturated rings. The van der Waals surface area contributed by atoms with E-state index in [9.17, 15) is 9.59 Å². The monoisotopic (exact) mass is 289 g/mol. The van der Waals surface area contributed by atoms with E-state index in [4.69, 9.17) is 9.47 Å². The average molecular weight is 289 g/mol. The number of fused-ring (bicyclic) bond motifs is 1. The first-order valence-corrected chi connectivity index (χ1v) is 7.40. The van der Waals surface area contributed by atoms with E-state index in [2.05, 4.69) is 6.92 Å². The van der Waals surface area contributed by atoms with Gasteiger partial charge in [-0.3, -0.25) is 14.5 Å². The van der Waals surface area contributed by atoms with Gasteiger partial charge in [-0.05, 0) is 12.1 Å². The number of ether oxygens (including phenoxy) is 2. The molecular formula is C16H19NO4. The summed E-state index contributed by atoms with van der Waals surface area (Å²) in [6.45, 7) is 3.53. The highest BCUT2D eigenvalue weighted by molar-refractivity contribution is 6.21. The number of hydrogen-bond acceptors (Lipinski definition) is 4. The van der Waals surface area contributed by atoms with E-state index in [1.165, 1.54) is 4.90 Å². The summed E-state index contributed by atoms with van der Waals surface area (Å²) < 4.78 is 11.4. The summed E-state index contributed by atoms with van der Waals surface area (Å²) in [6, 6.07) is 6.93. The molecule has 0 saturated carbocycles. The van der Waals surface area contributed by atoms with Crippen molar-refractivity contribution in [3.05, 3.63) is 35.4 Å². The maximum atomic E-state index is 12.3. The van der Waals surface area contributed by atoms with Gasteiger partial charge < -0.3 is 9.47 Å². The van der Waals surface area contributed by atoms with Crippen LogP contribution in [-0.2, 0) is 9.47 Å². The molecule has 0 aromatic heterocycles. The van der Waals surface area contributed by atoms with Crippen molar-refractivity contribution in [2.24, 2.45) is 0 Å². The molecule has 0 unspecified atom stereocenters. The number of rotatable bonds is 5. The number of benzene rings is 1. The van der Waals surface area contributed by atoms with Crippen LogP contribution in [0.5, 0.6) is 0 Å². The second-order valence-electron chi connectivity index (χ2n) is 5.42. The molecule has 112 valence electrons. The van der Waals surface area contributed by atoms with Crippen molar-refractivity contribution in [3.63, 3.8) is 0 Å². The first kappa shape index (κ1) is 14.2. The molecule has 1 saturated heterocycles. The Hall–Kier alpha value is -1.72. The maximum absolute atomic E-state index is 12.3. The van der Waals surface area contributed by atoms with Crippen molar-refractivity contribution in [1.29, 1.82) is 0 Å². The molecule has 0 radical (unpaired) electrons. The van der Waals surface area contributed by atoms with E-state index in [0.29, 0.717) is 37.3 Å². The quantitative estimate of drug-likeness (QED) is 0.780. The van der Waals surface area contributed by atoms with Crippen molar-refractivity contribution >= 4 is 11.8 Å². The number of carbonyl (C=O) groups is 2. The molecule has 0 aliphatic carbocycles. The Morgan fingerprint density at radius 1 is 1.05 bits per heavy atom. The fraction of sp³-hybridized carbons (Fsp3) is 0.500. The number of nitrogens with zero attached hydrogens (tertiary/aromatic N) is 1. The fourth-order valence-corrected chi connectivity index (χ4v) is 3.02. The van der Waals surface area contributed by atoms with E-state index in [0.717, 1.165) is 12.8 Å². The van der Waals surface area contributed by atoms with E-state index in [1.54, 1.807) is 24.3 Å². The molecule has 2 amide bonds. The minimum Gasteiger partial charge on any atom is -0.347 e. The molecule has 2 heterocycles. The zero-order chi connectivity index (χ0) is 14.9. The molecule has 5 nitrogen and oxygen atoms in total. The molecule has 0 bridgehead atoms. The largest absolute Gasteiger partial charge is 0.347 e. The predicted molar refractivity (Wildman–Crippen MR) is 76.0 cm³/mol. The number of amides is 2. The van der Waals surface area contributed by atoms with Crippen molar-refractivity contribution in [2.75, 3.05) is 19.8 Å². The first-order valence-electron chi connectivity index (χ1n) is 7.40. The second kappa shape index (κ2) is 5.58. The zero-order valence-electron chi connectivity index (χ0n) is 12.1. The molecule has 0 spiro atoms. The summed E-state index contributed by atoms with van der Waals surface area (Å²) >= 11 is 0. The molecular weight excluding hydrogens is 270 g/mol. The Bertz CT molecular complexity index is 528. The van der Waals surface area contributed by atoms with Crippen LogP contribution >= 0.6 is 0 Å². The lowest BCUT2D eigenvalue weighted by Gasteiger charge is -2.28. The SMILES string of the molecule is CCCC1(CCN2C(=O)c3ccccc3C2=O)OCCO1. The van der Waals surface area contributed by atoms with E-state index in [1.807, 2.05) is 0 Å². The Morgan fingerprint density at radius 2 is 1.62 bits per heavy atom. The minimum absolute atomic E-state index is 0.222. The molecule has 2 aliphatic rings. The van der Waals surface area contributed by atoms with Crippen LogP contribution in [0.4, 0.5) is 0 Å². The predicted octanol–water partition coefficient (Wildman–Crippen LogP) is 2.22. The van der Waals surface area contributed by atoms with Gasteiger partial charge in [-0.15, -0.1) is 0 Å². The molecule has 1 aromatic carbocycles. The minimum atomic E-state index is -0.635. The highest BCUT2D eigenvalue weighted by Gasteiger charge is 2.40. The summed E-state index contributed by atoms with van der Waals surface area (Å²) in [6.07, 6.45) is 2.23. The average Bonchev–Trinajstić information content (AvgIpc) is 3.04. The summed E-state index contributed by atoms with van der Waals surface area (Å²) in [5.74, 6) is -1.08. The van der Waals surface area contributed by atoms with E-state index >= 15 is 0 Å². The standard InChI is InChI=1S/C16H19NO4/c1-2-7-16(20-10-11-21-16)8-9-17-14(18)12-5-3-4-6-13(12)15(17)19/h3-6H,2,7-11H2,1H3. The van der Waals surface area contributed by atoms with Crippen LogP contribution in [0.3, 0.4) is 0 Å². The lowest BCUT2D eigenvalue weighted by atomic mass is 10.1. The van der Waals surface area contributed by atoms with Crippen LogP contribution in [0.15, 0.2) is 24.3 Å². The van der Waals surface area contributed by atoms with Gasteiger partial charge in [0, 0.05) is 19.4 Å². The third-order valence-electron chi connectivity index (χ3n) is 4.04. The normalized spacial score (nSPS) is 20.1. The van der Waals surface area contributed by atoms with Crippen molar-refractivity contribution in [3.8, 4) is 0 Å².